The molecule has 0 unspecified atom stereocenters. The molecule has 0 aromatic heterocycles. The topological polar surface area (TPSA) is 58.2 Å². The number of hydrogen-bond acceptors (Lipinski definition) is 2. The molecule has 3 aromatic rings. The van der Waals surface area contributed by atoms with E-state index in [2.05, 4.69) is 10.9 Å². The van der Waals surface area contributed by atoms with Gasteiger partial charge < -0.3 is 0 Å². The number of nitrogens with one attached hydrogen (secondary N) is 2. The van der Waals surface area contributed by atoms with E-state index in [0.29, 0.717) is 5.56 Å². The average Bonchev–Trinajstić information content (AvgIpc) is 2.72. The molecule has 0 heterocycles. The zero-order chi connectivity index (χ0) is 19.1. The summed E-state index contributed by atoms with van der Waals surface area (Å²) >= 11 is 0. The largest absolute Gasteiger partial charge is 0.269 e. The molecule has 4 nitrogen and oxygen atoms in total. The Hall–Kier alpha value is -3.66. The lowest BCUT2D eigenvalue weighted by atomic mass is 10.0. The second-order valence-corrected chi connectivity index (χ2v) is 6.13. The Morgan fingerprint density at radius 1 is 0.741 bits per heavy atom. The molecule has 4 heteroatoms. The summed E-state index contributed by atoms with van der Waals surface area (Å²) in [5.74, 6) is -0.767. The first-order valence-electron chi connectivity index (χ1n) is 8.62. The second kappa shape index (κ2) is 8.63. The predicted octanol–water partition coefficient (Wildman–Crippen LogP) is 4.14. The molecule has 134 valence electrons. The van der Waals surface area contributed by atoms with Crippen molar-refractivity contribution in [2.24, 2.45) is 0 Å². The Bertz CT molecular complexity index is 944. The van der Waals surface area contributed by atoms with E-state index in [1.54, 1.807) is 18.2 Å². The van der Waals surface area contributed by atoms with Crippen LogP contribution in [0.4, 0.5) is 0 Å². The first-order valence-corrected chi connectivity index (χ1v) is 8.62. The third-order valence-electron chi connectivity index (χ3n) is 4.06. The third kappa shape index (κ3) is 5.16. The molecule has 0 radical (unpaired) electrons. The quantitative estimate of drug-likeness (QED) is 0.545. The van der Waals surface area contributed by atoms with Gasteiger partial charge in [-0.05, 0) is 41.8 Å². The minimum absolute atomic E-state index is 0.369. The van der Waals surface area contributed by atoms with Crippen LogP contribution in [-0.2, 0) is 4.79 Å². The van der Waals surface area contributed by atoms with Crippen molar-refractivity contribution in [2.75, 3.05) is 0 Å². The number of carbonyl (C=O) groups is 2. The summed E-state index contributed by atoms with van der Waals surface area (Å²) in [7, 11) is 0. The zero-order valence-corrected chi connectivity index (χ0v) is 15.0. The van der Waals surface area contributed by atoms with Crippen LogP contribution in [-0.4, -0.2) is 11.8 Å². The summed E-state index contributed by atoms with van der Waals surface area (Å²) in [5.41, 5.74) is 9.44. The maximum atomic E-state index is 12.2. The molecule has 0 aliphatic carbocycles. The summed E-state index contributed by atoms with van der Waals surface area (Å²) in [4.78, 5) is 24.0. The third-order valence-corrected chi connectivity index (χ3v) is 4.06. The smallest absolute Gasteiger partial charge is 0.268 e. The van der Waals surface area contributed by atoms with Crippen LogP contribution in [0.15, 0.2) is 84.9 Å². The van der Waals surface area contributed by atoms with Crippen LogP contribution >= 0.6 is 0 Å². The Morgan fingerprint density at radius 2 is 1.37 bits per heavy atom. The van der Waals surface area contributed by atoms with E-state index in [9.17, 15) is 9.59 Å². The van der Waals surface area contributed by atoms with Gasteiger partial charge in [-0.15, -0.1) is 0 Å². The van der Waals surface area contributed by atoms with E-state index in [1.165, 1.54) is 6.08 Å². The van der Waals surface area contributed by atoms with Crippen LogP contribution in [0.5, 0.6) is 0 Å². The van der Waals surface area contributed by atoms with Gasteiger partial charge in [0.2, 0.25) is 0 Å². The summed E-state index contributed by atoms with van der Waals surface area (Å²) < 4.78 is 0. The van der Waals surface area contributed by atoms with Crippen LogP contribution in [0.3, 0.4) is 0 Å². The minimum Gasteiger partial charge on any atom is -0.268 e. The van der Waals surface area contributed by atoms with Crippen molar-refractivity contribution in [1.29, 1.82) is 0 Å². The van der Waals surface area contributed by atoms with Gasteiger partial charge in [0.15, 0.2) is 0 Å². The Kier molecular flexibility index (Phi) is 5.80. The molecule has 3 rings (SSSR count). The van der Waals surface area contributed by atoms with Gasteiger partial charge >= 0.3 is 0 Å². The fraction of sp³-hybridized carbons (Fsp3) is 0.0435. The van der Waals surface area contributed by atoms with Crippen molar-refractivity contribution in [2.45, 2.75) is 6.92 Å². The molecule has 0 saturated heterocycles. The molecule has 0 bridgehead atoms. The van der Waals surface area contributed by atoms with Crippen molar-refractivity contribution >= 4 is 17.9 Å². The standard InChI is InChI=1S/C23H20N2O2/c1-17-7-9-18(10-8-17)11-16-22(26)24-25-23(27)21-14-12-20(13-15-21)19-5-3-2-4-6-19/h2-16H,1H3,(H,24,26)(H,25,27)/b16-11+. The summed E-state index contributed by atoms with van der Waals surface area (Å²) in [5, 5.41) is 0. The van der Waals surface area contributed by atoms with Crippen molar-refractivity contribution in [3.63, 3.8) is 0 Å². The van der Waals surface area contributed by atoms with E-state index >= 15 is 0 Å². The minimum atomic E-state index is -0.398. The summed E-state index contributed by atoms with van der Waals surface area (Å²) in [6, 6.07) is 24.9. The van der Waals surface area contributed by atoms with Crippen molar-refractivity contribution < 1.29 is 9.59 Å². The van der Waals surface area contributed by atoms with E-state index in [-0.39, 0.29) is 5.91 Å². The van der Waals surface area contributed by atoms with Gasteiger partial charge in [0, 0.05) is 11.6 Å². The molecule has 0 aliphatic rings. The SMILES string of the molecule is Cc1ccc(/C=C/C(=O)NNC(=O)c2ccc(-c3ccccc3)cc2)cc1. The van der Waals surface area contributed by atoms with Crippen LogP contribution in [0.1, 0.15) is 21.5 Å². The molecular weight excluding hydrogens is 336 g/mol. The lowest BCUT2D eigenvalue weighted by Crippen LogP contribution is -2.40. The molecule has 0 spiro atoms. The van der Waals surface area contributed by atoms with E-state index in [0.717, 1.165) is 22.3 Å². The van der Waals surface area contributed by atoms with Crippen LogP contribution in [0, 0.1) is 6.92 Å². The number of aryl methyl sites for hydroxylation is 1. The highest BCUT2D eigenvalue weighted by molar-refractivity contribution is 5.98. The van der Waals surface area contributed by atoms with Crippen molar-refractivity contribution in [1.82, 2.24) is 10.9 Å². The highest BCUT2D eigenvalue weighted by Crippen LogP contribution is 2.19. The normalized spacial score (nSPS) is 10.6. The first-order chi connectivity index (χ1) is 13.1. The number of hydrogen-bond donors (Lipinski definition) is 2. The van der Waals surface area contributed by atoms with Gasteiger partial charge in [-0.25, -0.2) is 0 Å². The van der Waals surface area contributed by atoms with Crippen molar-refractivity contribution in [3.05, 3.63) is 102 Å². The molecule has 3 aromatic carbocycles. The van der Waals surface area contributed by atoms with Crippen LogP contribution in [0.2, 0.25) is 0 Å². The number of amides is 2. The monoisotopic (exact) mass is 356 g/mol. The Labute approximate surface area is 158 Å². The van der Waals surface area contributed by atoms with Gasteiger partial charge in [-0.1, -0.05) is 72.3 Å². The molecule has 2 N–H and O–H groups in total. The molecule has 0 fully saturated rings. The van der Waals surface area contributed by atoms with Crippen LogP contribution < -0.4 is 10.9 Å². The number of rotatable bonds is 4. The molecule has 27 heavy (non-hydrogen) atoms. The van der Waals surface area contributed by atoms with Gasteiger partial charge in [-0.2, -0.15) is 0 Å². The summed E-state index contributed by atoms with van der Waals surface area (Å²) in [6.07, 6.45) is 3.07. The van der Waals surface area contributed by atoms with Gasteiger partial charge in [-0.3, -0.25) is 20.4 Å². The average molecular weight is 356 g/mol. The van der Waals surface area contributed by atoms with Gasteiger partial charge in [0.05, 0.1) is 0 Å². The van der Waals surface area contributed by atoms with Gasteiger partial charge in [0.1, 0.15) is 0 Å². The van der Waals surface area contributed by atoms with E-state index in [4.69, 9.17) is 0 Å². The van der Waals surface area contributed by atoms with Crippen LogP contribution in [0.25, 0.3) is 17.2 Å². The highest BCUT2D eigenvalue weighted by Gasteiger charge is 2.06. The maximum absolute atomic E-state index is 12.2. The molecule has 0 atom stereocenters. The number of benzene rings is 3. The molecule has 0 saturated carbocycles. The second-order valence-electron chi connectivity index (χ2n) is 6.13. The number of carbonyl (C=O) groups excluding carboxylic acids is 2. The zero-order valence-electron chi connectivity index (χ0n) is 15.0. The van der Waals surface area contributed by atoms with Gasteiger partial charge in [0.25, 0.3) is 11.8 Å². The molecule has 0 aliphatic heterocycles. The fourth-order valence-electron chi connectivity index (χ4n) is 2.53. The van der Waals surface area contributed by atoms with Crippen molar-refractivity contribution in [3.8, 4) is 11.1 Å². The first kappa shape index (κ1) is 18.1. The fourth-order valence-corrected chi connectivity index (χ4v) is 2.53. The lowest BCUT2D eigenvalue weighted by molar-refractivity contribution is -0.117. The Morgan fingerprint density at radius 3 is 2.04 bits per heavy atom. The molecular formula is C23H20N2O2. The number of hydrazine groups is 1. The lowest BCUT2D eigenvalue weighted by Gasteiger charge is -2.07. The van der Waals surface area contributed by atoms with E-state index < -0.39 is 5.91 Å². The Balaban J connectivity index is 1.54. The summed E-state index contributed by atoms with van der Waals surface area (Å²) in [6.45, 7) is 2.00. The highest BCUT2D eigenvalue weighted by atomic mass is 16.2. The predicted molar refractivity (Wildman–Crippen MR) is 108 cm³/mol. The maximum Gasteiger partial charge on any atom is 0.269 e. The molecule has 2 amide bonds. The van der Waals surface area contributed by atoms with E-state index in [1.807, 2.05) is 73.7 Å².